The number of carbonyl (C=O) groups excluding carboxylic acids is 1. The first-order chi connectivity index (χ1) is 17.2. The van der Waals surface area contributed by atoms with Crippen molar-refractivity contribution >= 4 is 11.7 Å². The number of benzene rings is 2. The van der Waals surface area contributed by atoms with Crippen LogP contribution in [0, 0.1) is 0 Å². The number of rotatable bonds is 6. The Hall–Kier alpha value is -4.36. The van der Waals surface area contributed by atoms with E-state index in [0.29, 0.717) is 24.7 Å². The standard InChI is InChI=1S/C22H21N9O4/c32-21(25-14-4-2-1-3-5-14)26-17-10-33-20-18(11-34-19(17)20)31-22(27-28-29-31)35-16-8-6-15(7-9-16)30-13-23-12-24-30/h1-9,12-13,17-20H,10-11H2,(H2,25,26,32)/t17-,18+,19-,20+/m1/s1. The molecule has 2 amide bonds. The van der Waals surface area contributed by atoms with E-state index in [1.54, 1.807) is 27.8 Å². The van der Waals surface area contributed by atoms with Crippen LogP contribution < -0.4 is 15.4 Å². The van der Waals surface area contributed by atoms with Gasteiger partial charge in [-0.15, -0.1) is 0 Å². The van der Waals surface area contributed by atoms with Crippen molar-refractivity contribution in [3.63, 3.8) is 0 Å². The van der Waals surface area contributed by atoms with Gasteiger partial charge in [0, 0.05) is 5.69 Å². The Bertz CT molecular complexity index is 1280. The molecule has 2 aromatic heterocycles. The predicted molar refractivity (Wildman–Crippen MR) is 120 cm³/mol. The largest absolute Gasteiger partial charge is 0.423 e. The smallest absolute Gasteiger partial charge is 0.341 e. The van der Waals surface area contributed by atoms with Crippen molar-refractivity contribution in [2.24, 2.45) is 0 Å². The number of ether oxygens (including phenoxy) is 3. The number of carbonyl (C=O) groups is 1. The SMILES string of the molecule is O=C(Nc1ccccc1)N[C@@H]1CO[C@@H]2[C@@H]1OC[C@@H]2n1nnnc1Oc1ccc(-n2cncn2)cc1. The topological polar surface area (TPSA) is 143 Å². The lowest BCUT2D eigenvalue weighted by molar-refractivity contribution is 0.0613. The van der Waals surface area contributed by atoms with Gasteiger partial charge < -0.3 is 24.8 Å². The van der Waals surface area contributed by atoms with Crippen molar-refractivity contribution < 1.29 is 19.0 Å². The van der Waals surface area contributed by atoms with E-state index in [0.717, 1.165) is 5.69 Å². The van der Waals surface area contributed by atoms with Crippen molar-refractivity contribution in [2.75, 3.05) is 18.5 Å². The first kappa shape index (κ1) is 21.2. The zero-order chi connectivity index (χ0) is 23.6. The Morgan fingerprint density at radius 1 is 1.03 bits per heavy atom. The highest BCUT2D eigenvalue weighted by Crippen LogP contribution is 2.36. The number of hydrogen-bond acceptors (Lipinski definition) is 9. The molecule has 0 aliphatic carbocycles. The number of anilines is 1. The molecule has 0 radical (unpaired) electrons. The van der Waals surface area contributed by atoms with E-state index in [1.807, 2.05) is 42.5 Å². The number of amides is 2. The lowest BCUT2D eigenvalue weighted by Gasteiger charge is -2.18. The van der Waals surface area contributed by atoms with Gasteiger partial charge in [-0.2, -0.15) is 9.78 Å². The molecular weight excluding hydrogens is 454 g/mol. The highest BCUT2D eigenvalue weighted by atomic mass is 16.6. The molecular formula is C22H21N9O4. The van der Waals surface area contributed by atoms with E-state index < -0.39 is 0 Å². The summed E-state index contributed by atoms with van der Waals surface area (Å²) >= 11 is 0. The third-order valence-electron chi connectivity index (χ3n) is 5.88. The normalized spacial score (nSPS) is 23.1. The average Bonchev–Trinajstić information content (AvgIpc) is 3.67. The number of tetrazole rings is 1. The minimum absolute atomic E-state index is 0.217. The Balaban J connectivity index is 1.10. The summed E-state index contributed by atoms with van der Waals surface area (Å²) in [6.07, 6.45) is 2.41. The van der Waals surface area contributed by atoms with Gasteiger partial charge in [-0.1, -0.05) is 23.3 Å². The molecule has 2 aromatic carbocycles. The summed E-state index contributed by atoms with van der Waals surface area (Å²) in [6, 6.07) is 15.8. The van der Waals surface area contributed by atoms with Gasteiger partial charge >= 0.3 is 12.0 Å². The van der Waals surface area contributed by atoms with Crippen LogP contribution in [-0.4, -0.2) is 72.5 Å². The van der Waals surface area contributed by atoms with Crippen LogP contribution in [0.2, 0.25) is 0 Å². The van der Waals surface area contributed by atoms with Crippen LogP contribution in [0.15, 0.2) is 67.3 Å². The number of aromatic nitrogens is 7. The van der Waals surface area contributed by atoms with Crippen molar-refractivity contribution in [1.82, 2.24) is 40.3 Å². The van der Waals surface area contributed by atoms with Crippen LogP contribution in [0.3, 0.4) is 0 Å². The monoisotopic (exact) mass is 475 g/mol. The zero-order valence-electron chi connectivity index (χ0n) is 18.3. The molecule has 13 heteroatoms. The van der Waals surface area contributed by atoms with E-state index in [1.165, 1.54) is 6.33 Å². The second kappa shape index (κ2) is 9.12. The van der Waals surface area contributed by atoms with E-state index >= 15 is 0 Å². The molecule has 2 aliphatic heterocycles. The fraction of sp³-hybridized carbons (Fsp3) is 0.273. The van der Waals surface area contributed by atoms with Crippen LogP contribution in [0.4, 0.5) is 10.5 Å². The molecule has 0 unspecified atom stereocenters. The van der Waals surface area contributed by atoms with Crippen molar-refractivity contribution in [3.8, 4) is 17.4 Å². The first-order valence-corrected chi connectivity index (χ1v) is 11.0. The first-order valence-electron chi connectivity index (χ1n) is 11.0. The lowest BCUT2D eigenvalue weighted by Crippen LogP contribution is -2.45. The molecule has 0 spiro atoms. The summed E-state index contributed by atoms with van der Waals surface area (Å²) in [6.45, 7) is 0.635. The molecule has 0 bridgehead atoms. The molecule has 2 N–H and O–H groups in total. The number of nitrogens with zero attached hydrogens (tertiary/aromatic N) is 7. The summed E-state index contributed by atoms with van der Waals surface area (Å²) < 4.78 is 21.1. The zero-order valence-corrected chi connectivity index (χ0v) is 18.3. The summed E-state index contributed by atoms with van der Waals surface area (Å²) in [5.74, 6) is 0.560. The molecule has 0 saturated carbocycles. The van der Waals surface area contributed by atoms with Gasteiger partial charge in [-0.25, -0.2) is 14.5 Å². The predicted octanol–water partition coefficient (Wildman–Crippen LogP) is 1.58. The van der Waals surface area contributed by atoms with Gasteiger partial charge in [0.25, 0.3) is 0 Å². The molecule has 6 rings (SSSR count). The Labute approximate surface area is 199 Å². The Kier molecular flexibility index (Phi) is 5.52. The highest BCUT2D eigenvalue weighted by Gasteiger charge is 2.50. The van der Waals surface area contributed by atoms with E-state index in [9.17, 15) is 4.79 Å². The Morgan fingerprint density at radius 2 is 1.86 bits per heavy atom. The molecule has 4 heterocycles. The molecule has 13 nitrogen and oxygen atoms in total. The maximum Gasteiger partial charge on any atom is 0.341 e. The summed E-state index contributed by atoms with van der Waals surface area (Å²) in [4.78, 5) is 16.4. The fourth-order valence-corrected chi connectivity index (χ4v) is 4.24. The molecule has 2 saturated heterocycles. The van der Waals surface area contributed by atoms with Crippen LogP contribution in [0.1, 0.15) is 6.04 Å². The summed E-state index contributed by atoms with van der Waals surface area (Å²) in [5.41, 5.74) is 1.55. The van der Waals surface area contributed by atoms with Gasteiger partial charge in [-0.3, -0.25) is 0 Å². The van der Waals surface area contributed by atoms with Crippen LogP contribution in [0.25, 0.3) is 5.69 Å². The minimum atomic E-state index is -0.336. The van der Waals surface area contributed by atoms with Gasteiger partial charge in [-0.05, 0) is 46.8 Å². The van der Waals surface area contributed by atoms with E-state index in [2.05, 4.69) is 36.2 Å². The molecule has 2 aliphatic rings. The Morgan fingerprint density at radius 3 is 2.66 bits per heavy atom. The number of hydrogen-bond donors (Lipinski definition) is 2. The van der Waals surface area contributed by atoms with E-state index in [4.69, 9.17) is 14.2 Å². The maximum absolute atomic E-state index is 12.4. The minimum Gasteiger partial charge on any atom is -0.423 e. The van der Waals surface area contributed by atoms with Gasteiger partial charge in [0.05, 0.1) is 24.9 Å². The van der Waals surface area contributed by atoms with Crippen molar-refractivity contribution in [2.45, 2.75) is 24.3 Å². The van der Waals surface area contributed by atoms with Gasteiger partial charge in [0.15, 0.2) is 0 Å². The second-order valence-corrected chi connectivity index (χ2v) is 8.08. The number of urea groups is 1. The average molecular weight is 475 g/mol. The number of fused-ring (bicyclic) bond motifs is 1. The van der Waals surface area contributed by atoms with Gasteiger partial charge in [0.1, 0.15) is 36.7 Å². The van der Waals surface area contributed by atoms with E-state index in [-0.39, 0.29) is 36.3 Å². The van der Waals surface area contributed by atoms with Crippen LogP contribution >= 0.6 is 0 Å². The number of nitrogens with one attached hydrogen (secondary N) is 2. The molecule has 178 valence electrons. The van der Waals surface area contributed by atoms with Gasteiger partial charge in [0.2, 0.25) is 0 Å². The second-order valence-electron chi connectivity index (χ2n) is 8.08. The van der Waals surface area contributed by atoms with Crippen LogP contribution in [-0.2, 0) is 9.47 Å². The van der Waals surface area contributed by atoms with Crippen LogP contribution in [0.5, 0.6) is 11.8 Å². The quantitative estimate of drug-likeness (QED) is 0.425. The fourth-order valence-electron chi connectivity index (χ4n) is 4.24. The molecule has 4 atom stereocenters. The molecule has 4 aromatic rings. The highest BCUT2D eigenvalue weighted by molar-refractivity contribution is 5.89. The summed E-state index contributed by atoms with van der Waals surface area (Å²) in [5, 5.41) is 21.7. The number of para-hydroxylation sites is 1. The molecule has 2 fully saturated rings. The van der Waals surface area contributed by atoms with Crippen molar-refractivity contribution in [1.29, 1.82) is 0 Å². The summed E-state index contributed by atoms with van der Waals surface area (Å²) in [7, 11) is 0. The third kappa shape index (κ3) is 4.29. The lowest BCUT2D eigenvalue weighted by atomic mass is 10.1. The molecule has 35 heavy (non-hydrogen) atoms. The van der Waals surface area contributed by atoms with Crippen molar-refractivity contribution in [3.05, 3.63) is 67.3 Å². The maximum atomic E-state index is 12.4. The third-order valence-corrected chi connectivity index (χ3v) is 5.88.